The highest BCUT2D eigenvalue weighted by molar-refractivity contribution is 5.79. The second-order valence-electron chi connectivity index (χ2n) is 4.53. The number of carboxylic acids is 1. The van der Waals surface area contributed by atoms with E-state index in [1.54, 1.807) is 12.1 Å². The summed E-state index contributed by atoms with van der Waals surface area (Å²) >= 11 is 0. The Balaban J connectivity index is 2.34. The number of hydrogen-bond donors (Lipinski definition) is 4. The molecule has 8 nitrogen and oxygen atoms in total. The Morgan fingerprint density at radius 2 is 1.91 bits per heavy atom. The molecule has 1 atom stereocenters. The number of benzene rings is 1. The number of hydrogen-bond acceptors (Lipinski definition) is 4. The van der Waals surface area contributed by atoms with Gasteiger partial charge in [0.2, 0.25) is 0 Å². The van der Waals surface area contributed by atoms with E-state index in [2.05, 4.69) is 10.6 Å². The molecule has 0 aliphatic heterocycles. The van der Waals surface area contributed by atoms with Crippen molar-refractivity contribution < 1.29 is 24.2 Å². The quantitative estimate of drug-likeness (QED) is 0.528. The molecule has 22 heavy (non-hydrogen) atoms. The Morgan fingerprint density at radius 3 is 2.50 bits per heavy atom. The minimum Gasteiger partial charge on any atom is -0.480 e. The summed E-state index contributed by atoms with van der Waals surface area (Å²) in [5.41, 5.74) is 5.69. The van der Waals surface area contributed by atoms with Crippen LogP contribution in [0.2, 0.25) is 0 Å². The lowest BCUT2D eigenvalue weighted by atomic mass is 10.1. The predicted molar refractivity (Wildman–Crippen MR) is 78.0 cm³/mol. The Morgan fingerprint density at radius 1 is 1.23 bits per heavy atom. The Bertz CT molecular complexity index is 506. The van der Waals surface area contributed by atoms with Crippen molar-refractivity contribution in [2.45, 2.75) is 25.5 Å². The van der Waals surface area contributed by atoms with Gasteiger partial charge in [-0.1, -0.05) is 30.3 Å². The van der Waals surface area contributed by atoms with Crippen LogP contribution in [0.5, 0.6) is 0 Å². The number of carbonyl (C=O) groups excluding carboxylic acids is 2. The summed E-state index contributed by atoms with van der Waals surface area (Å²) in [6.07, 6.45) is -0.298. The molecule has 1 aromatic carbocycles. The van der Waals surface area contributed by atoms with Crippen LogP contribution in [-0.2, 0) is 16.1 Å². The smallest absolute Gasteiger partial charge is 0.408 e. The Labute approximate surface area is 127 Å². The number of carboxylic acid groups (broad SMARTS) is 1. The molecule has 0 aromatic heterocycles. The summed E-state index contributed by atoms with van der Waals surface area (Å²) in [4.78, 5) is 33.1. The van der Waals surface area contributed by atoms with Crippen LogP contribution >= 0.6 is 0 Å². The van der Waals surface area contributed by atoms with Crippen molar-refractivity contribution in [1.29, 1.82) is 0 Å². The van der Waals surface area contributed by atoms with E-state index in [9.17, 15) is 14.4 Å². The summed E-state index contributed by atoms with van der Waals surface area (Å²) in [5, 5.41) is 13.6. The van der Waals surface area contributed by atoms with Gasteiger partial charge in [-0.2, -0.15) is 0 Å². The number of nitrogens with two attached hydrogens (primary N) is 1. The number of aliphatic carboxylic acids is 1. The van der Waals surface area contributed by atoms with Gasteiger partial charge in [-0.3, -0.25) is 0 Å². The maximum atomic E-state index is 11.6. The first-order valence-electron chi connectivity index (χ1n) is 6.72. The molecule has 0 heterocycles. The topological polar surface area (TPSA) is 131 Å². The second kappa shape index (κ2) is 9.22. The number of urea groups is 1. The maximum Gasteiger partial charge on any atom is 0.408 e. The van der Waals surface area contributed by atoms with E-state index in [4.69, 9.17) is 15.6 Å². The first-order chi connectivity index (χ1) is 10.5. The molecule has 0 aliphatic carbocycles. The molecule has 8 heteroatoms. The number of ether oxygens (including phenoxy) is 1. The van der Waals surface area contributed by atoms with Gasteiger partial charge in [0.15, 0.2) is 0 Å². The van der Waals surface area contributed by atoms with E-state index in [-0.39, 0.29) is 19.6 Å². The molecule has 0 unspecified atom stereocenters. The molecule has 1 rings (SSSR count). The molecule has 1 aromatic rings. The highest BCUT2D eigenvalue weighted by atomic mass is 16.5. The van der Waals surface area contributed by atoms with Gasteiger partial charge in [0.05, 0.1) is 0 Å². The van der Waals surface area contributed by atoms with Gasteiger partial charge >= 0.3 is 18.1 Å². The van der Waals surface area contributed by atoms with Crippen LogP contribution in [0.1, 0.15) is 18.4 Å². The van der Waals surface area contributed by atoms with Crippen LogP contribution in [0, 0.1) is 0 Å². The number of nitrogens with one attached hydrogen (secondary N) is 2. The van der Waals surface area contributed by atoms with Crippen molar-refractivity contribution in [3.05, 3.63) is 35.9 Å². The molecular weight excluding hydrogens is 290 g/mol. The summed E-state index contributed by atoms with van der Waals surface area (Å²) in [5.74, 6) is -1.17. The van der Waals surface area contributed by atoms with Gasteiger partial charge in [-0.15, -0.1) is 0 Å². The lowest BCUT2D eigenvalue weighted by molar-refractivity contribution is -0.139. The average Bonchev–Trinajstić information content (AvgIpc) is 2.48. The summed E-state index contributed by atoms with van der Waals surface area (Å²) in [7, 11) is 0. The van der Waals surface area contributed by atoms with Gasteiger partial charge in [0.1, 0.15) is 12.6 Å². The number of alkyl carbamates (subject to hydrolysis) is 1. The lowest BCUT2D eigenvalue weighted by Crippen LogP contribution is -2.41. The fraction of sp³-hybridized carbons (Fsp3) is 0.357. The van der Waals surface area contributed by atoms with Crippen LogP contribution in [0.3, 0.4) is 0 Å². The van der Waals surface area contributed by atoms with Gasteiger partial charge in [0.25, 0.3) is 0 Å². The molecule has 0 bridgehead atoms. The highest BCUT2D eigenvalue weighted by Crippen LogP contribution is 2.02. The van der Waals surface area contributed by atoms with Gasteiger partial charge in [-0.05, 0) is 18.4 Å². The molecular formula is C14H19N3O5. The zero-order valence-corrected chi connectivity index (χ0v) is 12.0. The van der Waals surface area contributed by atoms with E-state index >= 15 is 0 Å². The van der Waals surface area contributed by atoms with Crippen molar-refractivity contribution in [3.63, 3.8) is 0 Å². The highest BCUT2D eigenvalue weighted by Gasteiger charge is 2.20. The zero-order valence-electron chi connectivity index (χ0n) is 12.0. The fourth-order valence-corrected chi connectivity index (χ4v) is 1.68. The minimum atomic E-state index is -1.17. The number of carbonyl (C=O) groups is 3. The molecule has 0 aliphatic rings. The van der Waals surface area contributed by atoms with Crippen LogP contribution < -0.4 is 16.4 Å². The predicted octanol–water partition coefficient (Wildman–Crippen LogP) is 0.814. The summed E-state index contributed by atoms with van der Waals surface area (Å²) in [6, 6.07) is 7.27. The van der Waals surface area contributed by atoms with E-state index in [0.29, 0.717) is 6.42 Å². The van der Waals surface area contributed by atoms with Crippen molar-refractivity contribution in [1.82, 2.24) is 10.6 Å². The van der Waals surface area contributed by atoms with Crippen LogP contribution in [0.15, 0.2) is 30.3 Å². The third kappa shape index (κ3) is 7.13. The SMILES string of the molecule is NC(=O)NCCC[C@H](NC(=O)OCc1ccccc1)C(=O)O. The van der Waals surface area contributed by atoms with E-state index < -0.39 is 24.1 Å². The van der Waals surface area contributed by atoms with E-state index in [0.717, 1.165) is 5.56 Å². The molecule has 0 saturated heterocycles. The molecule has 120 valence electrons. The first kappa shape index (κ1) is 17.3. The average molecular weight is 309 g/mol. The number of primary amides is 1. The Hall–Kier alpha value is -2.77. The van der Waals surface area contributed by atoms with Gasteiger partial charge in [-0.25, -0.2) is 14.4 Å². The minimum absolute atomic E-state index is 0.0578. The van der Waals surface area contributed by atoms with E-state index in [1.807, 2.05) is 18.2 Å². The summed E-state index contributed by atoms with van der Waals surface area (Å²) < 4.78 is 4.95. The molecule has 0 spiro atoms. The normalized spacial score (nSPS) is 11.3. The van der Waals surface area contributed by atoms with Crippen LogP contribution in [-0.4, -0.2) is 35.8 Å². The van der Waals surface area contributed by atoms with Crippen molar-refractivity contribution in [2.24, 2.45) is 5.73 Å². The number of amides is 3. The summed E-state index contributed by atoms with van der Waals surface area (Å²) in [6.45, 7) is 0.294. The standard InChI is InChI=1S/C14H19N3O5/c15-13(20)16-8-4-7-11(12(18)19)17-14(21)22-9-10-5-2-1-3-6-10/h1-3,5-6,11H,4,7-9H2,(H,17,21)(H,18,19)(H3,15,16,20)/t11-/m0/s1. The zero-order chi connectivity index (χ0) is 16.4. The van der Waals surface area contributed by atoms with Crippen LogP contribution in [0.25, 0.3) is 0 Å². The monoisotopic (exact) mass is 309 g/mol. The Kier molecular flexibility index (Phi) is 7.24. The largest absolute Gasteiger partial charge is 0.480 e. The molecule has 0 saturated carbocycles. The van der Waals surface area contributed by atoms with Gasteiger partial charge < -0.3 is 26.2 Å². The first-order valence-corrected chi connectivity index (χ1v) is 6.72. The number of rotatable bonds is 8. The van der Waals surface area contributed by atoms with E-state index in [1.165, 1.54) is 0 Å². The lowest BCUT2D eigenvalue weighted by Gasteiger charge is -2.14. The van der Waals surface area contributed by atoms with Gasteiger partial charge in [0, 0.05) is 6.54 Å². The van der Waals surface area contributed by atoms with Crippen molar-refractivity contribution in [3.8, 4) is 0 Å². The van der Waals surface area contributed by atoms with Crippen molar-refractivity contribution in [2.75, 3.05) is 6.54 Å². The third-order valence-electron chi connectivity index (χ3n) is 2.77. The second-order valence-corrected chi connectivity index (χ2v) is 4.53. The molecule has 3 amide bonds. The fourth-order valence-electron chi connectivity index (χ4n) is 1.68. The van der Waals surface area contributed by atoms with Crippen molar-refractivity contribution >= 4 is 18.1 Å². The van der Waals surface area contributed by atoms with Crippen LogP contribution in [0.4, 0.5) is 9.59 Å². The molecule has 5 N–H and O–H groups in total. The molecule has 0 fully saturated rings. The maximum absolute atomic E-state index is 11.6. The molecule has 0 radical (unpaired) electrons. The third-order valence-corrected chi connectivity index (χ3v) is 2.77.